The standard InChI is InChI=1S/C22H35F3N2O5S/c23-13-4-7-16(8-5-13)33(30,31)27-11-15(12-28)32-20-9-6-14(10-19(20)27)26-22(29)21-17(24)2-1-3-18(21)25/h13-21,28H,1-12H2,(H,26,29)/t13?,14?,15-,16?,17?,18?,19?,20?,21?/m1/s1. The Morgan fingerprint density at radius 3 is 2.30 bits per heavy atom. The van der Waals surface area contributed by atoms with Gasteiger partial charge in [-0.15, -0.1) is 0 Å². The summed E-state index contributed by atoms with van der Waals surface area (Å²) in [5.41, 5.74) is 0. The summed E-state index contributed by atoms with van der Waals surface area (Å²) in [6.07, 6.45) is -2.22. The van der Waals surface area contributed by atoms with Crippen LogP contribution in [-0.2, 0) is 19.6 Å². The van der Waals surface area contributed by atoms with Crippen molar-refractivity contribution in [3.63, 3.8) is 0 Å². The number of carbonyl (C=O) groups is 1. The molecule has 0 spiro atoms. The van der Waals surface area contributed by atoms with Crippen LogP contribution < -0.4 is 5.32 Å². The number of fused-ring (bicyclic) bond motifs is 1. The maximum Gasteiger partial charge on any atom is 0.229 e. The van der Waals surface area contributed by atoms with Gasteiger partial charge in [-0.1, -0.05) is 0 Å². The molecular weight excluding hydrogens is 461 g/mol. The zero-order valence-corrected chi connectivity index (χ0v) is 19.6. The summed E-state index contributed by atoms with van der Waals surface area (Å²) in [6, 6.07) is -0.970. The number of nitrogens with zero attached hydrogens (tertiary/aromatic N) is 1. The van der Waals surface area contributed by atoms with E-state index in [9.17, 15) is 31.5 Å². The first-order valence-corrected chi connectivity index (χ1v) is 13.7. The van der Waals surface area contributed by atoms with E-state index in [-0.39, 0.29) is 58.1 Å². The Labute approximate surface area is 193 Å². The van der Waals surface area contributed by atoms with Crippen molar-refractivity contribution >= 4 is 15.9 Å². The molecule has 0 radical (unpaired) electrons. The number of carbonyl (C=O) groups excluding carboxylic acids is 1. The molecule has 3 saturated carbocycles. The predicted octanol–water partition coefficient (Wildman–Crippen LogP) is 2.17. The smallest absolute Gasteiger partial charge is 0.229 e. The minimum atomic E-state index is -3.77. The molecule has 190 valence electrons. The second kappa shape index (κ2) is 10.4. The van der Waals surface area contributed by atoms with Crippen molar-refractivity contribution in [1.29, 1.82) is 0 Å². The number of aliphatic hydroxyl groups excluding tert-OH is 1. The molecule has 11 heteroatoms. The Kier molecular flexibility index (Phi) is 7.92. The van der Waals surface area contributed by atoms with Gasteiger partial charge in [0.15, 0.2) is 0 Å². The number of sulfonamides is 1. The summed E-state index contributed by atoms with van der Waals surface area (Å²) in [4.78, 5) is 12.7. The van der Waals surface area contributed by atoms with Crippen LogP contribution in [0.4, 0.5) is 13.2 Å². The lowest BCUT2D eigenvalue weighted by Gasteiger charge is -2.48. The summed E-state index contributed by atoms with van der Waals surface area (Å²) in [5.74, 6) is -1.98. The van der Waals surface area contributed by atoms with Crippen LogP contribution in [0.3, 0.4) is 0 Å². The number of alkyl halides is 3. The van der Waals surface area contributed by atoms with Crippen LogP contribution in [-0.4, -0.2) is 84.9 Å². The van der Waals surface area contributed by atoms with Gasteiger partial charge >= 0.3 is 0 Å². The zero-order valence-electron chi connectivity index (χ0n) is 18.8. The van der Waals surface area contributed by atoms with E-state index in [0.717, 1.165) is 0 Å². The van der Waals surface area contributed by atoms with E-state index in [1.165, 1.54) is 4.31 Å². The number of nitrogens with one attached hydrogen (secondary N) is 1. The van der Waals surface area contributed by atoms with Gasteiger partial charge in [-0.05, 0) is 64.2 Å². The predicted molar refractivity (Wildman–Crippen MR) is 115 cm³/mol. The van der Waals surface area contributed by atoms with E-state index in [4.69, 9.17) is 4.74 Å². The van der Waals surface area contributed by atoms with Crippen LogP contribution in [0.5, 0.6) is 0 Å². The summed E-state index contributed by atoms with van der Waals surface area (Å²) in [6.45, 7) is -0.317. The van der Waals surface area contributed by atoms with Crippen molar-refractivity contribution in [1.82, 2.24) is 9.62 Å². The van der Waals surface area contributed by atoms with Crippen LogP contribution in [0.25, 0.3) is 0 Å². The quantitative estimate of drug-likeness (QED) is 0.608. The molecule has 0 aromatic heterocycles. The summed E-state index contributed by atoms with van der Waals surface area (Å²) in [5, 5.41) is 11.7. The van der Waals surface area contributed by atoms with E-state index in [1.807, 2.05) is 0 Å². The molecule has 5 unspecified atom stereocenters. The van der Waals surface area contributed by atoms with Crippen molar-refractivity contribution in [3.8, 4) is 0 Å². The molecule has 1 saturated heterocycles. The lowest BCUT2D eigenvalue weighted by molar-refractivity contribution is -0.137. The highest BCUT2D eigenvalue weighted by Gasteiger charge is 2.49. The Morgan fingerprint density at radius 2 is 1.67 bits per heavy atom. The Bertz CT molecular complexity index is 785. The molecule has 7 nitrogen and oxygen atoms in total. The highest BCUT2D eigenvalue weighted by atomic mass is 32.2. The molecule has 1 aliphatic heterocycles. The highest BCUT2D eigenvalue weighted by molar-refractivity contribution is 7.89. The van der Waals surface area contributed by atoms with Gasteiger partial charge in [-0.2, -0.15) is 4.31 Å². The van der Waals surface area contributed by atoms with Gasteiger partial charge in [-0.3, -0.25) is 4.79 Å². The molecule has 4 fully saturated rings. The molecule has 0 aromatic rings. The maximum absolute atomic E-state index is 14.2. The van der Waals surface area contributed by atoms with E-state index in [2.05, 4.69) is 5.32 Å². The topological polar surface area (TPSA) is 95.9 Å². The van der Waals surface area contributed by atoms with Gasteiger partial charge in [0.25, 0.3) is 0 Å². The minimum Gasteiger partial charge on any atom is -0.394 e. The van der Waals surface area contributed by atoms with Gasteiger partial charge in [0, 0.05) is 12.6 Å². The first kappa shape index (κ1) is 25.2. The molecule has 4 aliphatic rings. The van der Waals surface area contributed by atoms with Gasteiger partial charge in [0.05, 0.1) is 30.1 Å². The van der Waals surface area contributed by atoms with Crippen LogP contribution in [0.1, 0.15) is 64.2 Å². The maximum atomic E-state index is 14.2. The van der Waals surface area contributed by atoms with Crippen molar-refractivity contribution < 1.29 is 36.2 Å². The number of amides is 1. The molecule has 33 heavy (non-hydrogen) atoms. The number of halogens is 3. The molecule has 3 aliphatic carbocycles. The second-order valence-corrected chi connectivity index (χ2v) is 12.2. The number of aliphatic hydroxyl groups is 1. The van der Waals surface area contributed by atoms with Crippen LogP contribution >= 0.6 is 0 Å². The van der Waals surface area contributed by atoms with E-state index >= 15 is 0 Å². The molecule has 4 rings (SSSR count). The lowest BCUT2D eigenvalue weighted by atomic mass is 9.83. The van der Waals surface area contributed by atoms with Crippen molar-refractivity contribution in [2.75, 3.05) is 13.2 Å². The number of hydrogen-bond donors (Lipinski definition) is 2. The monoisotopic (exact) mass is 496 g/mol. The number of hydrogen-bond acceptors (Lipinski definition) is 5. The normalized spacial score (nSPS) is 43.0. The second-order valence-electron chi connectivity index (χ2n) is 10.0. The van der Waals surface area contributed by atoms with Gasteiger partial charge in [0.2, 0.25) is 15.9 Å². The highest BCUT2D eigenvalue weighted by Crippen LogP contribution is 2.37. The fraction of sp³-hybridized carbons (Fsp3) is 0.955. The van der Waals surface area contributed by atoms with Crippen LogP contribution in [0.15, 0.2) is 0 Å². The molecular formula is C22H35F3N2O5S. The number of rotatable bonds is 5. The summed E-state index contributed by atoms with van der Waals surface area (Å²) >= 11 is 0. The largest absolute Gasteiger partial charge is 0.394 e. The average Bonchev–Trinajstić information content (AvgIpc) is 2.78. The van der Waals surface area contributed by atoms with Gasteiger partial charge < -0.3 is 15.2 Å². The summed E-state index contributed by atoms with van der Waals surface area (Å²) in [7, 11) is -3.77. The van der Waals surface area contributed by atoms with Crippen molar-refractivity contribution in [2.24, 2.45) is 5.92 Å². The molecule has 0 bridgehead atoms. The third-order valence-electron chi connectivity index (χ3n) is 7.82. The Hall–Kier alpha value is -0.910. The van der Waals surface area contributed by atoms with Crippen LogP contribution in [0.2, 0.25) is 0 Å². The number of ether oxygens (including phenoxy) is 1. The van der Waals surface area contributed by atoms with Crippen molar-refractivity contribution in [3.05, 3.63) is 0 Å². The van der Waals surface area contributed by atoms with E-state index < -0.39 is 69.9 Å². The van der Waals surface area contributed by atoms with Gasteiger partial charge in [-0.25, -0.2) is 21.6 Å². The molecule has 2 N–H and O–H groups in total. The third-order valence-corrected chi connectivity index (χ3v) is 10.2. The first-order chi connectivity index (χ1) is 15.7. The molecule has 0 aromatic carbocycles. The minimum absolute atomic E-state index is 0.00203. The molecule has 1 heterocycles. The number of morpholine rings is 1. The Morgan fingerprint density at radius 1 is 1.00 bits per heavy atom. The fourth-order valence-corrected chi connectivity index (χ4v) is 8.19. The lowest BCUT2D eigenvalue weighted by Crippen LogP contribution is -2.63. The van der Waals surface area contributed by atoms with Crippen molar-refractivity contribution in [2.45, 2.75) is 112 Å². The van der Waals surface area contributed by atoms with Crippen LogP contribution in [0, 0.1) is 5.92 Å². The third kappa shape index (κ3) is 5.36. The molecule has 1 amide bonds. The Balaban J connectivity index is 1.47. The van der Waals surface area contributed by atoms with E-state index in [1.54, 1.807) is 0 Å². The van der Waals surface area contributed by atoms with E-state index in [0.29, 0.717) is 19.3 Å². The summed E-state index contributed by atoms with van der Waals surface area (Å²) < 4.78 is 76.4. The first-order valence-electron chi connectivity index (χ1n) is 12.2. The fourth-order valence-electron chi connectivity index (χ4n) is 5.96. The average molecular weight is 497 g/mol. The zero-order chi connectivity index (χ0) is 23.8. The molecule has 6 atom stereocenters. The SMILES string of the molecule is O=C(NC1CCC2O[C@@H](CO)CN(S(=O)(=O)C3CCC(F)CC3)C2C1)C1C(F)CCCC1F. The van der Waals surface area contributed by atoms with Gasteiger partial charge in [0.1, 0.15) is 24.4 Å².